The van der Waals surface area contributed by atoms with Gasteiger partial charge in [0.05, 0.1) is 5.69 Å². The lowest BCUT2D eigenvalue weighted by atomic mass is 9.97. The van der Waals surface area contributed by atoms with Gasteiger partial charge < -0.3 is 9.32 Å². The number of hydrogen-bond acceptors (Lipinski definition) is 2. The monoisotopic (exact) mass is 613 g/mol. The summed E-state index contributed by atoms with van der Waals surface area (Å²) >= 11 is 0. The van der Waals surface area contributed by atoms with Crippen LogP contribution in [0.4, 0.5) is 17.1 Å². The number of hydrogen-bond donors (Lipinski definition) is 0. The first-order valence-electron chi connectivity index (χ1n) is 16.3. The average molecular weight is 614 g/mol. The highest BCUT2D eigenvalue weighted by Gasteiger charge is 2.19. The second kappa shape index (κ2) is 11.8. The Balaban J connectivity index is 1.22. The Morgan fingerprint density at radius 1 is 0.333 bits per heavy atom. The molecular formula is C46H31NO. The van der Waals surface area contributed by atoms with Crippen molar-refractivity contribution in [1.82, 2.24) is 0 Å². The van der Waals surface area contributed by atoms with Crippen molar-refractivity contribution in [3.63, 3.8) is 0 Å². The summed E-state index contributed by atoms with van der Waals surface area (Å²) in [6, 6.07) is 67.1. The van der Waals surface area contributed by atoms with Gasteiger partial charge in [-0.1, -0.05) is 140 Å². The van der Waals surface area contributed by atoms with E-state index in [4.69, 9.17) is 4.42 Å². The predicted octanol–water partition coefficient (Wildman–Crippen LogP) is 13.2. The molecular weight excluding hydrogens is 583 g/mol. The van der Waals surface area contributed by atoms with Crippen molar-refractivity contribution in [3.8, 4) is 33.4 Å². The number of nitrogens with zero attached hydrogens (tertiary/aromatic N) is 1. The van der Waals surface area contributed by atoms with Crippen LogP contribution >= 0.6 is 0 Å². The fourth-order valence-electron chi connectivity index (χ4n) is 6.86. The lowest BCUT2D eigenvalue weighted by Gasteiger charge is -2.28. The van der Waals surface area contributed by atoms with Crippen molar-refractivity contribution in [2.24, 2.45) is 0 Å². The maximum Gasteiger partial charge on any atom is 0.135 e. The Labute approximate surface area is 279 Å². The van der Waals surface area contributed by atoms with Gasteiger partial charge in [-0.25, -0.2) is 0 Å². The molecule has 0 aliphatic heterocycles. The van der Waals surface area contributed by atoms with Crippen LogP contribution in [0.15, 0.2) is 192 Å². The summed E-state index contributed by atoms with van der Waals surface area (Å²) in [6.07, 6.45) is 0. The molecule has 0 radical (unpaired) electrons. The van der Waals surface area contributed by atoms with Gasteiger partial charge in [0, 0.05) is 27.7 Å². The van der Waals surface area contributed by atoms with Crippen molar-refractivity contribution in [1.29, 1.82) is 0 Å². The molecule has 0 saturated heterocycles. The van der Waals surface area contributed by atoms with Crippen molar-refractivity contribution in [3.05, 3.63) is 188 Å². The van der Waals surface area contributed by atoms with E-state index in [0.29, 0.717) is 0 Å². The molecule has 9 aromatic rings. The van der Waals surface area contributed by atoms with Gasteiger partial charge in [0.25, 0.3) is 0 Å². The number of para-hydroxylation sites is 2. The van der Waals surface area contributed by atoms with Gasteiger partial charge in [0.15, 0.2) is 0 Å². The molecule has 226 valence electrons. The molecule has 48 heavy (non-hydrogen) atoms. The van der Waals surface area contributed by atoms with Gasteiger partial charge in [-0.2, -0.15) is 0 Å². The van der Waals surface area contributed by atoms with E-state index in [1.807, 2.05) is 12.1 Å². The van der Waals surface area contributed by atoms with E-state index < -0.39 is 0 Å². The lowest BCUT2D eigenvalue weighted by molar-refractivity contribution is 0.669. The number of rotatable bonds is 6. The van der Waals surface area contributed by atoms with Crippen LogP contribution in [0.25, 0.3) is 66.1 Å². The van der Waals surface area contributed by atoms with Crippen LogP contribution in [-0.2, 0) is 0 Å². The largest absolute Gasteiger partial charge is 0.456 e. The van der Waals surface area contributed by atoms with Crippen LogP contribution in [0, 0.1) is 0 Å². The van der Waals surface area contributed by atoms with E-state index >= 15 is 0 Å². The third-order valence-electron chi connectivity index (χ3n) is 9.25. The second-order valence-electron chi connectivity index (χ2n) is 12.2. The molecule has 0 aliphatic rings. The van der Waals surface area contributed by atoms with E-state index in [1.165, 1.54) is 33.0 Å². The molecule has 1 aromatic heterocycles. The number of benzene rings is 8. The van der Waals surface area contributed by atoms with E-state index in [2.05, 4.69) is 181 Å². The second-order valence-corrected chi connectivity index (χ2v) is 12.2. The smallest absolute Gasteiger partial charge is 0.135 e. The van der Waals surface area contributed by atoms with Crippen molar-refractivity contribution >= 4 is 49.8 Å². The molecule has 0 N–H and O–H groups in total. The molecule has 0 aliphatic carbocycles. The third-order valence-corrected chi connectivity index (χ3v) is 9.25. The summed E-state index contributed by atoms with van der Waals surface area (Å²) in [7, 11) is 0. The molecule has 0 bridgehead atoms. The number of fused-ring (bicyclic) bond motifs is 4. The standard InChI is InChI=1S/C46H31NO/c1-2-11-32(12-3-1)34-21-24-35(25-22-34)41-17-6-8-19-44(41)47(40-27-28-46-43(31-40)42-18-7-9-20-45(42)48-46)39-16-10-15-37(30-39)38-26-23-33-13-4-5-14-36(33)29-38/h1-31H. The van der Waals surface area contributed by atoms with Crippen molar-refractivity contribution in [2.75, 3.05) is 4.90 Å². The highest BCUT2D eigenvalue weighted by atomic mass is 16.3. The minimum atomic E-state index is 0.884. The van der Waals surface area contributed by atoms with Crippen LogP contribution in [0.3, 0.4) is 0 Å². The molecule has 0 fully saturated rings. The van der Waals surface area contributed by atoms with Gasteiger partial charge in [-0.3, -0.25) is 0 Å². The summed E-state index contributed by atoms with van der Waals surface area (Å²) < 4.78 is 6.23. The zero-order valence-electron chi connectivity index (χ0n) is 26.3. The van der Waals surface area contributed by atoms with Gasteiger partial charge in [-0.15, -0.1) is 0 Å². The number of furan rings is 1. The molecule has 0 unspecified atom stereocenters. The fraction of sp³-hybridized carbons (Fsp3) is 0. The van der Waals surface area contributed by atoms with Crippen LogP contribution in [0.2, 0.25) is 0 Å². The van der Waals surface area contributed by atoms with Crippen LogP contribution in [-0.4, -0.2) is 0 Å². The average Bonchev–Trinajstić information content (AvgIpc) is 3.54. The highest BCUT2D eigenvalue weighted by Crippen LogP contribution is 2.44. The van der Waals surface area contributed by atoms with Gasteiger partial charge >= 0.3 is 0 Å². The molecule has 1 heterocycles. The van der Waals surface area contributed by atoms with E-state index in [1.54, 1.807) is 0 Å². The Hall–Kier alpha value is -6.38. The SMILES string of the molecule is c1ccc(-c2ccc(-c3ccccc3N(c3cccc(-c4ccc5ccccc5c4)c3)c3ccc4oc5ccccc5c4c3)cc2)cc1. The van der Waals surface area contributed by atoms with E-state index in [0.717, 1.165) is 50.1 Å². The molecule has 2 heteroatoms. The Morgan fingerprint density at radius 3 is 1.85 bits per heavy atom. The van der Waals surface area contributed by atoms with Gasteiger partial charge in [0.2, 0.25) is 0 Å². The van der Waals surface area contributed by atoms with E-state index in [-0.39, 0.29) is 0 Å². The van der Waals surface area contributed by atoms with Crippen molar-refractivity contribution in [2.45, 2.75) is 0 Å². The van der Waals surface area contributed by atoms with E-state index in [9.17, 15) is 0 Å². The Bertz CT molecular complexity index is 2560. The first kappa shape index (κ1) is 27.9. The fourth-order valence-corrected chi connectivity index (χ4v) is 6.86. The minimum Gasteiger partial charge on any atom is -0.456 e. The zero-order valence-corrected chi connectivity index (χ0v) is 26.3. The quantitative estimate of drug-likeness (QED) is 0.185. The molecule has 0 atom stereocenters. The summed E-state index contributed by atoms with van der Waals surface area (Å²) in [5.41, 5.74) is 12.1. The molecule has 0 saturated carbocycles. The molecule has 2 nitrogen and oxygen atoms in total. The normalized spacial score (nSPS) is 11.3. The predicted molar refractivity (Wildman–Crippen MR) is 202 cm³/mol. The number of anilines is 3. The molecule has 8 aromatic carbocycles. The van der Waals surface area contributed by atoms with Crippen molar-refractivity contribution < 1.29 is 4.42 Å². The third kappa shape index (κ3) is 5.01. The molecule has 0 amide bonds. The first-order chi connectivity index (χ1) is 23.8. The molecule has 0 spiro atoms. The summed E-state index contributed by atoms with van der Waals surface area (Å²) in [4.78, 5) is 2.38. The highest BCUT2D eigenvalue weighted by molar-refractivity contribution is 6.07. The topological polar surface area (TPSA) is 16.4 Å². The Kier molecular flexibility index (Phi) is 6.84. The Morgan fingerprint density at radius 2 is 0.958 bits per heavy atom. The van der Waals surface area contributed by atoms with Gasteiger partial charge in [0.1, 0.15) is 11.2 Å². The minimum absolute atomic E-state index is 0.884. The molecule has 9 rings (SSSR count). The van der Waals surface area contributed by atoms with Crippen LogP contribution in [0.1, 0.15) is 0 Å². The summed E-state index contributed by atoms with van der Waals surface area (Å²) in [6.45, 7) is 0. The van der Waals surface area contributed by atoms with Crippen LogP contribution in [0.5, 0.6) is 0 Å². The summed E-state index contributed by atoms with van der Waals surface area (Å²) in [5.74, 6) is 0. The maximum atomic E-state index is 6.23. The zero-order chi connectivity index (χ0) is 31.9. The van der Waals surface area contributed by atoms with Crippen LogP contribution < -0.4 is 4.90 Å². The lowest BCUT2D eigenvalue weighted by Crippen LogP contribution is -2.11. The maximum absolute atomic E-state index is 6.23. The first-order valence-corrected chi connectivity index (χ1v) is 16.3. The van der Waals surface area contributed by atoms with Gasteiger partial charge in [-0.05, 0) is 87.1 Å². The summed E-state index contributed by atoms with van der Waals surface area (Å²) in [5, 5.41) is 4.69.